The molecule has 23 heavy (non-hydrogen) atoms. The summed E-state index contributed by atoms with van der Waals surface area (Å²) in [4.78, 5) is 18.4. The number of methoxy groups -OCH3 is 1. The average molecular weight is 356 g/mol. The first kappa shape index (κ1) is 19.4. The molecular weight excluding hydrogens is 334 g/mol. The Morgan fingerprint density at radius 3 is 2.78 bits per heavy atom. The molecule has 0 fully saturated rings. The highest BCUT2D eigenvalue weighted by Gasteiger charge is 2.15. The van der Waals surface area contributed by atoms with E-state index in [9.17, 15) is 4.79 Å². The second-order valence-corrected chi connectivity index (χ2v) is 5.90. The first-order chi connectivity index (χ1) is 10.7. The summed E-state index contributed by atoms with van der Waals surface area (Å²) in [6.07, 6.45) is 1.45. The molecule has 126 valence electrons. The summed E-state index contributed by atoms with van der Waals surface area (Å²) in [5, 5.41) is 2.71. The second-order valence-electron chi connectivity index (χ2n) is 4.95. The van der Waals surface area contributed by atoms with Crippen LogP contribution in [-0.4, -0.2) is 43.0 Å². The Labute approximate surface area is 146 Å². The quantitative estimate of drug-likeness (QED) is 0.828. The fourth-order valence-electron chi connectivity index (χ4n) is 2.14. The maximum Gasteiger partial charge on any atom is 0.273 e. The lowest BCUT2D eigenvalue weighted by atomic mass is 10.1. The highest BCUT2D eigenvalue weighted by Crippen LogP contribution is 2.18. The van der Waals surface area contributed by atoms with Crippen LogP contribution in [0.2, 0.25) is 0 Å². The molecule has 2 aromatic rings. The summed E-state index contributed by atoms with van der Waals surface area (Å²) >= 11 is 1.48. The van der Waals surface area contributed by atoms with Crippen molar-refractivity contribution >= 4 is 29.7 Å². The number of benzene rings is 1. The molecule has 0 saturated heterocycles. The van der Waals surface area contributed by atoms with E-state index in [1.807, 2.05) is 24.3 Å². The van der Waals surface area contributed by atoms with Gasteiger partial charge in [0.05, 0.1) is 12.1 Å². The summed E-state index contributed by atoms with van der Waals surface area (Å²) in [6, 6.07) is 7.85. The summed E-state index contributed by atoms with van der Waals surface area (Å²) in [7, 11) is 3.45. The third kappa shape index (κ3) is 5.20. The van der Waals surface area contributed by atoms with Crippen LogP contribution >= 0.6 is 23.7 Å². The summed E-state index contributed by atoms with van der Waals surface area (Å²) < 4.78 is 5.33. The summed E-state index contributed by atoms with van der Waals surface area (Å²) in [5.41, 5.74) is 7.09. The Kier molecular flexibility index (Phi) is 8.02. The van der Waals surface area contributed by atoms with E-state index in [0.717, 1.165) is 22.7 Å². The van der Waals surface area contributed by atoms with Crippen molar-refractivity contribution in [2.45, 2.75) is 12.8 Å². The SMILES string of the molecule is COc1ccccc1CCN(C)C(=O)c1csc(CCN)n1.Cl. The van der Waals surface area contributed by atoms with Gasteiger partial charge in [0.15, 0.2) is 0 Å². The summed E-state index contributed by atoms with van der Waals surface area (Å²) in [6.45, 7) is 1.16. The lowest BCUT2D eigenvalue weighted by Crippen LogP contribution is -2.29. The van der Waals surface area contributed by atoms with Crippen LogP contribution in [0.25, 0.3) is 0 Å². The minimum Gasteiger partial charge on any atom is -0.496 e. The van der Waals surface area contributed by atoms with E-state index < -0.39 is 0 Å². The van der Waals surface area contributed by atoms with Crippen LogP contribution in [0.1, 0.15) is 21.1 Å². The molecule has 1 aromatic carbocycles. The van der Waals surface area contributed by atoms with E-state index in [2.05, 4.69) is 4.98 Å². The maximum atomic E-state index is 12.3. The van der Waals surface area contributed by atoms with Crippen molar-refractivity contribution in [3.8, 4) is 5.75 Å². The van der Waals surface area contributed by atoms with Gasteiger partial charge in [-0.25, -0.2) is 4.98 Å². The fourth-order valence-corrected chi connectivity index (χ4v) is 2.93. The molecule has 0 radical (unpaired) electrons. The molecule has 0 atom stereocenters. The molecule has 0 aliphatic rings. The lowest BCUT2D eigenvalue weighted by Gasteiger charge is -2.16. The van der Waals surface area contributed by atoms with Crippen LogP contribution in [0.4, 0.5) is 0 Å². The van der Waals surface area contributed by atoms with Crippen LogP contribution in [-0.2, 0) is 12.8 Å². The van der Waals surface area contributed by atoms with Gasteiger partial charge in [-0.05, 0) is 24.6 Å². The monoisotopic (exact) mass is 355 g/mol. The molecule has 0 spiro atoms. The zero-order valence-corrected chi connectivity index (χ0v) is 15.0. The lowest BCUT2D eigenvalue weighted by molar-refractivity contribution is 0.0791. The van der Waals surface area contributed by atoms with Crippen LogP contribution in [0.15, 0.2) is 29.6 Å². The molecule has 1 heterocycles. The number of ether oxygens (including phenoxy) is 1. The number of carbonyl (C=O) groups excluding carboxylic acids is 1. The van der Waals surface area contributed by atoms with Crippen LogP contribution in [0.3, 0.4) is 0 Å². The molecule has 5 nitrogen and oxygen atoms in total. The molecule has 0 aliphatic heterocycles. The minimum absolute atomic E-state index is 0. The number of hydrogen-bond donors (Lipinski definition) is 1. The van der Waals surface area contributed by atoms with Gasteiger partial charge in [-0.1, -0.05) is 18.2 Å². The minimum atomic E-state index is -0.0607. The van der Waals surface area contributed by atoms with Gasteiger partial charge in [-0.2, -0.15) is 0 Å². The number of thiazole rings is 1. The van der Waals surface area contributed by atoms with Crippen molar-refractivity contribution in [1.29, 1.82) is 0 Å². The average Bonchev–Trinajstić information content (AvgIpc) is 3.01. The van der Waals surface area contributed by atoms with Crippen molar-refractivity contribution < 1.29 is 9.53 Å². The second kappa shape index (κ2) is 9.50. The van der Waals surface area contributed by atoms with Gasteiger partial charge in [0.1, 0.15) is 11.4 Å². The number of hydrogen-bond acceptors (Lipinski definition) is 5. The fraction of sp³-hybridized carbons (Fsp3) is 0.375. The van der Waals surface area contributed by atoms with E-state index in [4.69, 9.17) is 10.5 Å². The number of amides is 1. The van der Waals surface area contributed by atoms with Crippen molar-refractivity contribution in [1.82, 2.24) is 9.88 Å². The van der Waals surface area contributed by atoms with E-state index in [1.54, 1.807) is 24.4 Å². The van der Waals surface area contributed by atoms with Crippen LogP contribution < -0.4 is 10.5 Å². The smallest absolute Gasteiger partial charge is 0.273 e. The van der Waals surface area contributed by atoms with Gasteiger partial charge in [-0.15, -0.1) is 23.7 Å². The molecular formula is C16H22ClN3O2S. The Balaban J connectivity index is 0.00000264. The molecule has 2 N–H and O–H groups in total. The molecule has 1 amide bonds. The van der Waals surface area contributed by atoms with Gasteiger partial charge in [-0.3, -0.25) is 4.79 Å². The van der Waals surface area contributed by atoms with Gasteiger partial charge >= 0.3 is 0 Å². The molecule has 0 aliphatic carbocycles. The Morgan fingerprint density at radius 1 is 1.35 bits per heavy atom. The van der Waals surface area contributed by atoms with E-state index >= 15 is 0 Å². The Bertz CT molecular complexity index is 633. The molecule has 1 aromatic heterocycles. The van der Waals surface area contributed by atoms with Crippen molar-refractivity contribution in [2.24, 2.45) is 5.73 Å². The third-order valence-corrected chi connectivity index (χ3v) is 4.29. The Hall–Kier alpha value is -1.63. The third-order valence-electron chi connectivity index (χ3n) is 3.38. The number of carbonyl (C=O) groups is 1. The first-order valence-corrected chi connectivity index (χ1v) is 8.05. The normalized spacial score (nSPS) is 10.0. The van der Waals surface area contributed by atoms with Crippen LogP contribution in [0.5, 0.6) is 5.75 Å². The van der Waals surface area contributed by atoms with Gasteiger partial charge in [0, 0.05) is 25.4 Å². The number of aromatic nitrogens is 1. The number of rotatable bonds is 7. The number of nitrogens with zero attached hydrogens (tertiary/aromatic N) is 2. The number of halogens is 1. The van der Waals surface area contributed by atoms with Crippen LogP contribution in [0, 0.1) is 0 Å². The van der Waals surface area contributed by atoms with Crippen molar-refractivity contribution in [3.05, 3.63) is 45.9 Å². The molecule has 0 saturated carbocycles. The van der Waals surface area contributed by atoms with Gasteiger partial charge in [0.2, 0.25) is 0 Å². The first-order valence-electron chi connectivity index (χ1n) is 7.17. The molecule has 7 heteroatoms. The van der Waals surface area contributed by atoms with E-state index in [0.29, 0.717) is 25.2 Å². The standard InChI is InChI=1S/C16H21N3O2S.ClH/c1-19(10-8-12-5-3-4-6-14(12)21-2)16(20)13-11-22-15(18-13)7-9-17;/h3-6,11H,7-10,17H2,1-2H3;1H. The van der Waals surface area contributed by atoms with Crippen molar-refractivity contribution in [3.63, 3.8) is 0 Å². The summed E-state index contributed by atoms with van der Waals surface area (Å²) in [5.74, 6) is 0.789. The highest BCUT2D eigenvalue weighted by atomic mass is 35.5. The number of nitrogens with two attached hydrogens (primary N) is 1. The Morgan fingerprint density at radius 2 is 2.09 bits per heavy atom. The van der Waals surface area contributed by atoms with Crippen molar-refractivity contribution in [2.75, 3.05) is 27.2 Å². The number of likely N-dealkylation sites (N-methyl/N-ethyl adjacent to an activating group) is 1. The predicted molar refractivity (Wildman–Crippen MR) is 95.8 cm³/mol. The largest absolute Gasteiger partial charge is 0.496 e. The molecule has 0 bridgehead atoms. The maximum absolute atomic E-state index is 12.3. The van der Waals surface area contributed by atoms with Gasteiger partial charge < -0.3 is 15.4 Å². The number of para-hydroxylation sites is 1. The topological polar surface area (TPSA) is 68.5 Å². The van der Waals surface area contributed by atoms with Gasteiger partial charge in [0.25, 0.3) is 5.91 Å². The molecule has 2 rings (SSSR count). The van der Waals surface area contributed by atoms with E-state index in [-0.39, 0.29) is 18.3 Å². The highest BCUT2D eigenvalue weighted by molar-refractivity contribution is 7.09. The zero-order chi connectivity index (χ0) is 15.9. The van der Waals surface area contributed by atoms with E-state index in [1.165, 1.54) is 11.3 Å². The molecule has 0 unspecified atom stereocenters. The predicted octanol–water partition coefficient (Wildman–Crippen LogP) is 2.39. The zero-order valence-electron chi connectivity index (χ0n) is 13.3.